The van der Waals surface area contributed by atoms with Gasteiger partial charge in [0.2, 0.25) is 5.91 Å². The van der Waals surface area contributed by atoms with E-state index in [-0.39, 0.29) is 59.2 Å². The number of fused-ring (bicyclic) bond motifs is 2. The molecule has 162 valence electrons. The molecule has 1 spiro atoms. The third-order valence-electron chi connectivity index (χ3n) is 10.5. The van der Waals surface area contributed by atoms with Gasteiger partial charge in [-0.25, -0.2) is 0 Å². The van der Waals surface area contributed by atoms with Gasteiger partial charge >= 0.3 is 0 Å². The lowest BCUT2D eigenvalue weighted by Gasteiger charge is -2.66. The third-order valence-corrected chi connectivity index (χ3v) is 10.5. The lowest BCUT2D eigenvalue weighted by molar-refractivity contribution is -0.247. The summed E-state index contributed by atoms with van der Waals surface area (Å²) in [7, 11) is 5.14. The molecule has 0 radical (unpaired) electrons. The van der Waals surface area contributed by atoms with Crippen molar-refractivity contribution in [2.24, 2.45) is 40.4 Å². The second kappa shape index (κ2) is 5.74. The molecule has 3 N–H and O–H groups in total. The second-order valence-corrected chi connectivity index (χ2v) is 10.7. The van der Waals surface area contributed by atoms with Gasteiger partial charge in [0.25, 0.3) is 0 Å². The Morgan fingerprint density at radius 2 is 1.97 bits per heavy atom. The van der Waals surface area contributed by atoms with Gasteiger partial charge in [-0.1, -0.05) is 0 Å². The summed E-state index contributed by atoms with van der Waals surface area (Å²) in [5.74, 6) is 0.0966. The number of aliphatic hydroxyl groups is 2. The van der Waals surface area contributed by atoms with Gasteiger partial charge in [-0.2, -0.15) is 0 Å². The van der Waals surface area contributed by atoms with Crippen molar-refractivity contribution in [3.63, 3.8) is 0 Å². The monoisotopic (exact) mass is 407 g/mol. The Balaban J connectivity index is 1.57. The fraction of sp³-hybridized carbons (Fsp3) is 0.955. The fourth-order valence-corrected chi connectivity index (χ4v) is 9.80. The van der Waals surface area contributed by atoms with E-state index in [1.807, 2.05) is 0 Å². The molecule has 7 heteroatoms. The summed E-state index contributed by atoms with van der Waals surface area (Å²) in [6.07, 6.45) is 3.04. The number of carbonyl (C=O) groups excluding carboxylic acids is 1. The molecule has 5 aliphatic carbocycles. The maximum Gasteiger partial charge on any atom is 0.229 e. The molecular formula is C22H33NO6. The summed E-state index contributed by atoms with van der Waals surface area (Å²) in [5.41, 5.74) is -1.83. The van der Waals surface area contributed by atoms with Gasteiger partial charge in [0.1, 0.15) is 0 Å². The zero-order chi connectivity index (χ0) is 20.3. The SMILES string of the molecule is COCC12CCC(OC)C34C5CC6C(OC)CC(O)(C(CC13)C4NC2=O)C5C6O. The Hall–Kier alpha value is -0.730. The lowest BCUT2D eigenvalue weighted by Crippen LogP contribution is -2.77. The van der Waals surface area contributed by atoms with Crippen molar-refractivity contribution >= 4 is 5.91 Å². The average Bonchev–Trinajstić information content (AvgIpc) is 3.11. The molecule has 6 rings (SSSR count). The second-order valence-electron chi connectivity index (χ2n) is 10.7. The topological polar surface area (TPSA) is 97.3 Å². The molecule has 1 heterocycles. The molecule has 1 aliphatic heterocycles. The van der Waals surface area contributed by atoms with Crippen molar-refractivity contribution in [2.75, 3.05) is 27.9 Å². The van der Waals surface area contributed by atoms with E-state index >= 15 is 0 Å². The van der Waals surface area contributed by atoms with Crippen LogP contribution in [0.4, 0.5) is 0 Å². The van der Waals surface area contributed by atoms with E-state index in [1.165, 1.54) is 0 Å². The Morgan fingerprint density at radius 1 is 1.17 bits per heavy atom. The summed E-state index contributed by atoms with van der Waals surface area (Å²) < 4.78 is 17.5. The summed E-state index contributed by atoms with van der Waals surface area (Å²) in [6.45, 7) is 0.406. The molecule has 7 bridgehead atoms. The predicted molar refractivity (Wildman–Crippen MR) is 102 cm³/mol. The molecule has 5 saturated carbocycles. The minimum atomic E-state index is -1.01. The van der Waals surface area contributed by atoms with E-state index in [0.29, 0.717) is 13.0 Å². The van der Waals surface area contributed by atoms with Crippen LogP contribution in [0.5, 0.6) is 0 Å². The lowest BCUT2D eigenvalue weighted by atomic mass is 9.43. The summed E-state index contributed by atoms with van der Waals surface area (Å²) >= 11 is 0. The number of carbonyl (C=O) groups is 1. The van der Waals surface area contributed by atoms with Crippen LogP contribution >= 0.6 is 0 Å². The van der Waals surface area contributed by atoms with Crippen LogP contribution in [0.25, 0.3) is 0 Å². The summed E-state index contributed by atoms with van der Waals surface area (Å²) in [5, 5.41) is 26.8. The number of hydrogen-bond acceptors (Lipinski definition) is 6. The number of amides is 1. The minimum Gasteiger partial charge on any atom is -0.392 e. The van der Waals surface area contributed by atoms with Crippen LogP contribution in [0.2, 0.25) is 0 Å². The number of ether oxygens (including phenoxy) is 3. The van der Waals surface area contributed by atoms with Crippen molar-refractivity contribution < 1.29 is 29.2 Å². The van der Waals surface area contributed by atoms with Crippen LogP contribution in [-0.4, -0.2) is 74.0 Å². The molecule has 12 atom stereocenters. The zero-order valence-corrected chi connectivity index (χ0v) is 17.5. The highest BCUT2D eigenvalue weighted by atomic mass is 16.5. The van der Waals surface area contributed by atoms with E-state index in [1.54, 1.807) is 21.3 Å². The largest absolute Gasteiger partial charge is 0.392 e. The van der Waals surface area contributed by atoms with E-state index in [4.69, 9.17) is 14.2 Å². The highest BCUT2D eigenvalue weighted by molar-refractivity contribution is 5.86. The minimum absolute atomic E-state index is 0.0233. The Morgan fingerprint density at radius 3 is 2.66 bits per heavy atom. The molecule has 1 amide bonds. The Kier molecular flexibility index (Phi) is 3.76. The van der Waals surface area contributed by atoms with E-state index in [0.717, 1.165) is 25.7 Å². The van der Waals surface area contributed by atoms with E-state index in [2.05, 4.69) is 5.32 Å². The van der Waals surface area contributed by atoms with Crippen LogP contribution < -0.4 is 5.32 Å². The first kappa shape index (κ1) is 19.0. The number of rotatable bonds is 4. The van der Waals surface area contributed by atoms with E-state index < -0.39 is 17.1 Å². The summed E-state index contributed by atoms with van der Waals surface area (Å²) in [6, 6.07) is -0.108. The van der Waals surface area contributed by atoms with Crippen molar-refractivity contribution in [3.05, 3.63) is 0 Å². The molecule has 29 heavy (non-hydrogen) atoms. The van der Waals surface area contributed by atoms with Crippen LogP contribution in [0.15, 0.2) is 0 Å². The zero-order valence-electron chi connectivity index (χ0n) is 17.5. The van der Waals surface area contributed by atoms with E-state index in [9.17, 15) is 15.0 Å². The molecule has 7 nitrogen and oxygen atoms in total. The van der Waals surface area contributed by atoms with Gasteiger partial charge in [0.15, 0.2) is 0 Å². The number of piperidine rings is 1. The first-order chi connectivity index (χ1) is 13.9. The van der Waals surface area contributed by atoms with Crippen LogP contribution in [-0.2, 0) is 19.0 Å². The normalized spacial score (nSPS) is 61.6. The molecule has 1 saturated heterocycles. The predicted octanol–water partition coefficient (Wildman–Crippen LogP) is 0.326. The molecule has 6 aliphatic rings. The average molecular weight is 408 g/mol. The smallest absolute Gasteiger partial charge is 0.229 e. The highest BCUT2D eigenvalue weighted by Gasteiger charge is 2.84. The van der Waals surface area contributed by atoms with Gasteiger partial charge in [0, 0.05) is 57.0 Å². The number of aliphatic hydroxyl groups excluding tert-OH is 1. The third kappa shape index (κ3) is 1.80. The molecule has 0 aromatic rings. The van der Waals surface area contributed by atoms with Crippen molar-refractivity contribution in [2.45, 2.75) is 62.1 Å². The first-order valence-corrected chi connectivity index (χ1v) is 11.2. The van der Waals surface area contributed by atoms with Crippen LogP contribution in [0, 0.1) is 40.4 Å². The fourth-order valence-electron chi connectivity index (χ4n) is 9.80. The van der Waals surface area contributed by atoms with Crippen molar-refractivity contribution in [1.82, 2.24) is 5.32 Å². The molecular weight excluding hydrogens is 374 g/mol. The first-order valence-electron chi connectivity index (χ1n) is 11.2. The van der Waals surface area contributed by atoms with Crippen molar-refractivity contribution in [1.29, 1.82) is 0 Å². The maximum absolute atomic E-state index is 13.4. The van der Waals surface area contributed by atoms with Gasteiger partial charge in [0.05, 0.1) is 35.9 Å². The van der Waals surface area contributed by atoms with Crippen LogP contribution in [0.3, 0.4) is 0 Å². The van der Waals surface area contributed by atoms with Gasteiger partial charge in [-0.05, 0) is 37.5 Å². The molecule has 0 aromatic heterocycles. The van der Waals surface area contributed by atoms with Crippen LogP contribution in [0.1, 0.15) is 32.1 Å². The molecule has 6 fully saturated rings. The van der Waals surface area contributed by atoms with Gasteiger partial charge in [-0.3, -0.25) is 4.79 Å². The Bertz CT molecular complexity index is 747. The Labute approximate surface area is 171 Å². The number of methoxy groups -OCH3 is 3. The summed E-state index contributed by atoms with van der Waals surface area (Å²) in [4.78, 5) is 13.4. The van der Waals surface area contributed by atoms with Gasteiger partial charge < -0.3 is 29.7 Å². The molecule has 0 aromatic carbocycles. The number of hydrogen-bond donors (Lipinski definition) is 3. The van der Waals surface area contributed by atoms with Gasteiger partial charge in [-0.15, -0.1) is 0 Å². The standard InChI is InChI=1S/C22H33NO6/c1-27-9-20-5-4-15(29-3)22-11-6-10-13(28-2)8-21(26,16(11)17(10)24)12(7-14(20)22)18(22)23-19(20)25/h10-18,24,26H,4-9H2,1-3H3,(H,23,25). The quantitative estimate of drug-likeness (QED) is 0.621. The van der Waals surface area contributed by atoms with Crippen molar-refractivity contribution in [3.8, 4) is 0 Å². The maximum atomic E-state index is 13.4. The number of nitrogens with one attached hydrogen (secondary N) is 1. The highest BCUT2D eigenvalue weighted by Crippen LogP contribution is 2.77. The molecule has 12 unspecified atom stereocenters.